The van der Waals surface area contributed by atoms with E-state index in [1.807, 2.05) is 54.6 Å². The third-order valence-corrected chi connectivity index (χ3v) is 5.83. The van der Waals surface area contributed by atoms with Gasteiger partial charge in [0.2, 0.25) is 5.91 Å². The number of amides is 1. The van der Waals surface area contributed by atoms with Gasteiger partial charge >= 0.3 is 0 Å². The normalized spacial score (nSPS) is 10.8. The maximum atomic E-state index is 13.2. The van der Waals surface area contributed by atoms with Crippen molar-refractivity contribution in [1.29, 1.82) is 0 Å². The second-order valence-corrected chi connectivity index (χ2v) is 7.98. The molecule has 0 spiro atoms. The lowest BCUT2D eigenvalue weighted by Gasteiger charge is -2.13. The van der Waals surface area contributed by atoms with Crippen LogP contribution in [0.15, 0.2) is 82.9 Å². The van der Waals surface area contributed by atoms with Gasteiger partial charge in [-0.25, -0.2) is 4.98 Å². The van der Waals surface area contributed by atoms with Crippen molar-refractivity contribution in [1.82, 2.24) is 19.9 Å². The Labute approximate surface area is 189 Å². The first-order chi connectivity index (χ1) is 15.6. The van der Waals surface area contributed by atoms with Crippen LogP contribution in [0.3, 0.4) is 0 Å². The molecule has 0 saturated carbocycles. The molecule has 0 saturated heterocycles. The van der Waals surface area contributed by atoms with E-state index in [1.54, 1.807) is 30.0 Å². The Balaban J connectivity index is 1.55. The van der Waals surface area contributed by atoms with Crippen LogP contribution in [-0.4, -0.2) is 33.3 Å². The minimum atomic E-state index is -0.154. The summed E-state index contributed by atoms with van der Waals surface area (Å²) in [6, 6.07) is 20.3. The number of rotatable bonds is 8. The number of nitrogens with one attached hydrogen (secondary N) is 1. The summed E-state index contributed by atoms with van der Waals surface area (Å²) in [5.74, 6) is 0.733. The molecule has 0 radical (unpaired) electrons. The second-order valence-electron chi connectivity index (χ2n) is 7.04. The summed E-state index contributed by atoms with van der Waals surface area (Å²) < 4.78 is 6.82. The van der Waals surface area contributed by atoms with Crippen LogP contribution in [0.5, 0.6) is 5.75 Å². The van der Waals surface area contributed by atoms with Crippen molar-refractivity contribution in [2.24, 2.45) is 0 Å². The first kappa shape index (κ1) is 21.6. The van der Waals surface area contributed by atoms with Crippen molar-refractivity contribution in [3.8, 4) is 5.75 Å². The predicted octanol–water partition coefficient (Wildman–Crippen LogP) is 3.26. The van der Waals surface area contributed by atoms with E-state index >= 15 is 0 Å². The molecule has 4 aromatic rings. The number of methoxy groups -OCH3 is 1. The van der Waals surface area contributed by atoms with Gasteiger partial charge in [-0.2, -0.15) is 0 Å². The van der Waals surface area contributed by atoms with Gasteiger partial charge in [0.05, 0.1) is 42.5 Å². The van der Waals surface area contributed by atoms with E-state index in [0.717, 1.165) is 17.0 Å². The molecule has 8 heteroatoms. The van der Waals surface area contributed by atoms with Gasteiger partial charge in [0, 0.05) is 6.20 Å². The number of hydrogen-bond acceptors (Lipinski definition) is 6. The van der Waals surface area contributed by atoms with Crippen LogP contribution in [0, 0.1) is 0 Å². The summed E-state index contributed by atoms with van der Waals surface area (Å²) in [5, 5.41) is 3.90. The standard InChI is InChI=1S/C24H22N4O3S/c1-31-19-11-9-17(10-12-19)15-28-23(30)20-7-2-3-8-21(20)27-24(28)32-16-22(29)26-14-18-6-4-5-13-25-18/h2-13H,14-16H2,1H3,(H,26,29). The highest BCUT2D eigenvalue weighted by Gasteiger charge is 2.14. The molecule has 0 aliphatic carbocycles. The average molecular weight is 447 g/mol. The number of para-hydroxylation sites is 1. The van der Waals surface area contributed by atoms with Gasteiger partial charge in [-0.3, -0.25) is 19.1 Å². The topological polar surface area (TPSA) is 86.1 Å². The van der Waals surface area contributed by atoms with E-state index in [4.69, 9.17) is 4.74 Å². The zero-order chi connectivity index (χ0) is 22.3. The van der Waals surface area contributed by atoms with Crippen LogP contribution in [0.1, 0.15) is 11.3 Å². The summed E-state index contributed by atoms with van der Waals surface area (Å²) in [6.07, 6.45) is 1.69. The Morgan fingerprint density at radius 1 is 1.06 bits per heavy atom. The molecule has 0 aliphatic heterocycles. The number of benzene rings is 2. The quantitative estimate of drug-likeness (QED) is 0.330. The molecule has 2 heterocycles. The third-order valence-electron chi connectivity index (χ3n) is 4.85. The lowest BCUT2D eigenvalue weighted by Crippen LogP contribution is -2.27. The molecule has 0 bridgehead atoms. The fourth-order valence-corrected chi connectivity index (χ4v) is 4.01. The summed E-state index contributed by atoms with van der Waals surface area (Å²) in [5.41, 5.74) is 2.19. The average Bonchev–Trinajstić information content (AvgIpc) is 2.84. The minimum Gasteiger partial charge on any atom is -0.497 e. The number of thioether (sulfide) groups is 1. The Hall–Kier alpha value is -3.65. The fraction of sp³-hybridized carbons (Fsp3) is 0.167. The number of hydrogen-bond donors (Lipinski definition) is 1. The Morgan fingerprint density at radius 3 is 2.59 bits per heavy atom. The van der Waals surface area contributed by atoms with Crippen LogP contribution in [0.2, 0.25) is 0 Å². The predicted molar refractivity (Wildman–Crippen MR) is 125 cm³/mol. The van der Waals surface area contributed by atoms with Gasteiger partial charge in [0.25, 0.3) is 5.56 Å². The van der Waals surface area contributed by atoms with Gasteiger partial charge < -0.3 is 10.1 Å². The molecule has 7 nitrogen and oxygen atoms in total. The van der Waals surface area contributed by atoms with Gasteiger partial charge in [0.15, 0.2) is 5.16 Å². The van der Waals surface area contributed by atoms with Crippen molar-refractivity contribution < 1.29 is 9.53 Å². The molecule has 162 valence electrons. The van der Waals surface area contributed by atoms with Crippen molar-refractivity contribution >= 4 is 28.6 Å². The highest BCUT2D eigenvalue weighted by Crippen LogP contribution is 2.20. The molecule has 1 amide bonds. The number of nitrogens with zero attached hydrogens (tertiary/aromatic N) is 3. The summed E-state index contributed by atoms with van der Waals surface area (Å²) in [6.45, 7) is 0.697. The van der Waals surface area contributed by atoms with E-state index in [-0.39, 0.29) is 17.2 Å². The number of carbonyl (C=O) groups is 1. The van der Waals surface area contributed by atoms with Crippen molar-refractivity contribution in [3.63, 3.8) is 0 Å². The van der Waals surface area contributed by atoms with Gasteiger partial charge in [0.1, 0.15) is 5.75 Å². The molecular weight excluding hydrogens is 424 g/mol. The molecule has 0 atom stereocenters. The Bertz CT molecular complexity index is 1270. The lowest BCUT2D eigenvalue weighted by molar-refractivity contribution is -0.118. The SMILES string of the molecule is COc1ccc(Cn2c(SCC(=O)NCc3ccccn3)nc3ccccc3c2=O)cc1. The lowest BCUT2D eigenvalue weighted by atomic mass is 10.2. The highest BCUT2D eigenvalue weighted by atomic mass is 32.2. The zero-order valence-corrected chi connectivity index (χ0v) is 18.3. The molecule has 2 aromatic carbocycles. The summed E-state index contributed by atoms with van der Waals surface area (Å²) in [7, 11) is 1.61. The number of fused-ring (bicyclic) bond motifs is 1. The van der Waals surface area contributed by atoms with Gasteiger partial charge in [-0.15, -0.1) is 0 Å². The van der Waals surface area contributed by atoms with Crippen LogP contribution in [0.25, 0.3) is 10.9 Å². The fourth-order valence-electron chi connectivity index (χ4n) is 3.18. The number of ether oxygens (including phenoxy) is 1. The van der Waals surface area contributed by atoms with E-state index in [1.165, 1.54) is 11.8 Å². The van der Waals surface area contributed by atoms with Gasteiger partial charge in [-0.1, -0.05) is 42.1 Å². The Morgan fingerprint density at radius 2 is 1.84 bits per heavy atom. The van der Waals surface area contributed by atoms with Crippen LogP contribution in [-0.2, 0) is 17.9 Å². The second kappa shape index (κ2) is 10.1. The summed E-state index contributed by atoms with van der Waals surface area (Å²) >= 11 is 1.24. The summed E-state index contributed by atoms with van der Waals surface area (Å²) in [4.78, 5) is 34.5. The molecule has 0 aliphatic rings. The third kappa shape index (κ3) is 5.15. The Kier molecular flexibility index (Phi) is 6.81. The smallest absolute Gasteiger partial charge is 0.262 e. The maximum absolute atomic E-state index is 13.2. The van der Waals surface area contributed by atoms with Crippen LogP contribution >= 0.6 is 11.8 Å². The molecule has 1 N–H and O–H groups in total. The maximum Gasteiger partial charge on any atom is 0.262 e. The molecule has 0 fully saturated rings. The van der Waals surface area contributed by atoms with Crippen LogP contribution < -0.4 is 15.6 Å². The van der Waals surface area contributed by atoms with Crippen molar-refractivity contribution in [2.75, 3.05) is 12.9 Å². The van der Waals surface area contributed by atoms with Crippen LogP contribution in [0.4, 0.5) is 0 Å². The molecule has 0 unspecified atom stereocenters. The molecule has 32 heavy (non-hydrogen) atoms. The van der Waals surface area contributed by atoms with E-state index in [9.17, 15) is 9.59 Å². The van der Waals surface area contributed by atoms with E-state index in [2.05, 4.69) is 15.3 Å². The molecule has 4 rings (SSSR count). The highest BCUT2D eigenvalue weighted by molar-refractivity contribution is 7.99. The number of pyridine rings is 1. The molecular formula is C24H22N4O3S. The van der Waals surface area contributed by atoms with Crippen molar-refractivity contribution in [3.05, 3.63) is 94.5 Å². The first-order valence-electron chi connectivity index (χ1n) is 10.1. The zero-order valence-electron chi connectivity index (χ0n) is 17.5. The van der Waals surface area contributed by atoms with Gasteiger partial charge in [-0.05, 0) is 42.0 Å². The van der Waals surface area contributed by atoms with E-state index in [0.29, 0.717) is 29.1 Å². The minimum absolute atomic E-state index is 0.136. The van der Waals surface area contributed by atoms with Crippen molar-refractivity contribution in [2.45, 2.75) is 18.2 Å². The number of carbonyl (C=O) groups excluding carboxylic acids is 1. The first-order valence-corrected chi connectivity index (χ1v) is 11.0. The number of aromatic nitrogens is 3. The molecule has 2 aromatic heterocycles. The largest absolute Gasteiger partial charge is 0.497 e. The van der Waals surface area contributed by atoms with E-state index < -0.39 is 0 Å². The monoisotopic (exact) mass is 446 g/mol.